The van der Waals surface area contributed by atoms with Crippen LogP contribution in [0.25, 0.3) is 0 Å². The summed E-state index contributed by atoms with van der Waals surface area (Å²) in [6, 6.07) is 1.74. The molecule has 0 spiro atoms. The second kappa shape index (κ2) is 5.49. The average Bonchev–Trinajstić information content (AvgIpc) is 2.97. The van der Waals surface area contributed by atoms with E-state index in [1.165, 1.54) is 0 Å². The van der Waals surface area contributed by atoms with E-state index in [1.54, 1.807) is 18.1 Å². The fourth-order valence-corrected chi connectivity index (χ4v) is 2.19. The lowest BCUT2D eigenvalue weighted by molar-refractivity contribution is 0.0775. The van der Waals surface area contributed by atoms with Crippen LogP contribution in [0.15, 0.2) is 10.6 Å². The number of amides is 1. The average molecular weight is 253 g/mol. The number of nitrogens with two attached hydrogens (primary N) is 1. The van der Waals surface area contributed by atoms with Crippen molar-refractivity contribution in [1.29, 1.82) is 0 Å². The molecule has 18 heavy (non-hydrogen) atoms. The number of nitrogens with zero attached hydrogens (tertiary/aromatic N) is 2. The van der Waals surface area contributed by atoms with E-state index >= 15 is 0 Å². The SMILES string of the molecule is COCc1cc(C(=O)N2CCC(C(C)N)C2)no1. The number of ether oxygens (including phenoxy) is 1. The van der Waals surface area contributed by atoms with Crippen LogP contribution >= 0.6 is 0 Å². The summed E-state index contributed by atoms with van der Waals surface area (Å²) in [5, 5.41) is 3.77. The minimum atomic E-state index is -0.0933. The first kappa shape index (κ1) is 13.0. The van der Waals surface area contributed by atoms with Gasteiger partial charge in [-0.15, -0.1) is 0 Å². The van der Waals surface area contributed by atoms with Crippen molar-refractivity contribution in [3.05, 3.63) is 17.5 Å². The zero-order valence-electron chi connectivity index (χ0n) is 10.8. The van der Waals surface area contributed by atoms with Crippen molar-refractivity contribution in [3.63, 3.8) is 0 Å². The van der Waals surface area contributed by atoms with Gasteiger partial charge < -0.3 is 19.9 Å². The van der Waals surface area contributed by atoms with Gasteiger partial charge in [0, 0.05) is 32.3 Å². The van der Waals surface area contributed by atoms with Crippen LogP contribution in [0.5, 0.6) is 0 Å². The van der Waals surface area contributed by atoms with Crippen molar-refractivity contribution >= 4 is 5.91 Å². The maximum Gasteiger partial charge on any atom is 0.276 e. The van der Waals surface area contributed by atoms with Crippen LogP contribution < -0.4 is 5.73 Å². The Morgan fingerprint density at radius 1 is 1.78 bits per heavy atom. The van der Waals surface area contributed by atoms with Crippen molar-refractivity contribution in [3.8, 4) is 0 Å². The molecule has 1 aliphatic heterocycles. The van der Waals surface area contributed by atoms with Crippen LogP contribution in [0.2, 0.25) is 0 Å². The number of aromatic nitrogens is 1. The van der Waals surface area contributed by atoms with E-state index in [2.05, 4.69) is 5.16 Å². The van der Waals surface area contributed by atoms with E-state index in [4.69, 9.17) is 15.0 Å². The fraction of sp³-hybridized carbons (Fsp3) is 0.667. The standard InChI is InChI=1S/C12H19N3O3/c1-8(13)9-3-4-15(6-9)12(16)11-5-10(7-17-2)18-14-11/h5,8-9H,3-4,6-7,13H2,1-2H3. The predicted octanol–water partition coefficient (Wildman–Crippen LogP) is 0.630. The Morgan fingerprint density at radius 3 is 3.17 bits per heavy atom. The number of methoxy groups -OCH3 is 1. The Morgan fingerprint density at radius 2 is 2.56 bits per heavy atom. The van der Waals surface area contributed by atoms with Gasteiger partial charge in [0.15, 0.2) is 11.5 Å². The summed E-state index contributed by atoms with van der Waals surface area (Å²) < 4.78 is 9.93. The molecule has 1 fully saturated rings. The van der Waals surface area contributed by atoms with Gasteiger partial charge in [0.05, 0.1) is 0 Å². The molecule has 1 saturated heterocycles. The first-order valence-electron chi connectivity index (χ1n) is 6.11. The molecule has 2 atom stereocenters. The van der Waals surface area contributed by atoms with Crippen molar-refractivity contribution in [2.24, 2.45) is 11.7 Å². The molecule has 6 heteroatoms. The predicted molar refractivity (Wildman–Crippen MR) is 64.9 cm³/mol. The van der Waals surface area contributed by atoms with Gasteiger partial charge in [0.2, 0.25) is 0 Å². The zero-order chi connectivity index (χ0) is 13.1. The van der Waals surface area contributed by atoms with Gasteiger partial charge in [-0.05, 0) is 19.3 Å². The highest BCUT2D eigenvalue weighted by molar-refractivity contribution is 5.92. The van der Waals surface area contributed by atoms with Crippen LogP contribution in [0.4, 0.5) is 0 Å². The van der Waals surface area contributed by atoms with Gasteiger partial charge in [-0.25, -0.2) is 0 Å². The third kappa shape index (κ3) is 2.70. The highest BCUT2D eigenvalue weighted by Gasteiger charge is 2.30. The Balaban J connectivity index is 1.99. The number of rotatable bonds is 4. The van der Waals surface area contributed by atoms with Gasteiger partial charge in [-0.3, -0.25) is 4.79 Å². The monoisotopic (exact) mass is 253 g/mol. The van der Waals surface area contributed by atoms with Gasteiger partial charge in [0.25, 0.3) is 5.91 Å². The van der Waals surface area contributed by atoms with E-state index in [1.807, 2.05) is 6.92 Å². The lowest BCUT2D eigenvalue weighted by Gasteiger charge is -2.16. The highest BCUT2D eigenvalue weighted by atomic mass is 16.5. The third-order valence-electron chi connectivity index (χ3n) is 3.32. The number of hydrogen-bond donors (Lipinski definition) is 1. The van der Waals surface area contributed by atoms with E-state index in [-0.39, 0.29) is 11.9 Å². The van der Waals surface area contributed by atoms with Crippen molar-refractivity contribution in [2.45, 2.75) is 26.0 Å². The van der Waals surface area contributed by atoms with Gasteiger partial charge in [0.1, 0.15) is 6.61 Å². The second-order valence-electron chi connectivity index (χ2n) is 4.77. The third-order valence-corrected chi connectivity index (χ3v) is 3.32. The number of hydrogen-bond acceptors (Lipinski definition) is 5. The summed E-state index contributed by atoms with van der Waals surface area (Å²) in [6.07, 6.45) is 0.951. The quantitative estimate of drug-likeness (QED) is 0.851. The Labute approximate surface area is 106 Å². The lowest BCUT2D eigenvalue weighted by Crippen LogP contribution is -2.33. The fourth-order valence-electron chi connectivity index (χ4n) is 2.19. The Kier molecular flexibility index (Phi) is 3.98. The van der Waals surface area contributed by atoms with Crippen LogP contribution in [0, 0.1) is 5.92 Å². The summed E-state index contributed by atoms with van der Waals surface area (Å²) in [4.78, 5) is 13.9. The molecular formula is C12H19N3O3. The molecule has 2 N–H and O–H groups in total. The lowest BCUT2D eigenvalue weighted by atomic mass is 10.0. The second-order valence-corrected chi connectivity index (χ2v) is 4.77. The molecule has 1 amide bonds. The summed E-state index contributed by atoms with van der Waals surface area (Å²) in [5.41, 5.74) is 6.19. The summed E-state index contributed by atoms with van der Waals surface area (Å²) in [5.74, 6) is 0.840. The molecule has 1 aromatic heterocycles. The maximum absolute atomic E-state index is 12.2. The summed E-state index contributed by atoms with van der Waals surface area (Å²) in [6.45, 7) is 3.73. The smallest absolute Gasteiger partial charge is 0.276 e. The molecule has 0 bridgehead atoms. The Bertz CT molecular complexity index is 416. The van der Waals surface area contributed by atoms with Gasteiger partial charge >= 0.3 is 0 Å². The molecule has 2 heterocycles. The number of carbonyl (C=O) groups is 1. The largest absolute Gasteiger partial charge is 0.377 e. The molecule has 1 aliphatic rings. The van der Waals surface area contributed by atoms with Crippen LogP contribution in [0.3, 0.4) is 0 Å². The van der Waals surface area contributed by atoms with Crippen LogP contribution in [0.1, 0.15) is 29.6 Å². The van der Waals surface area contributed by atoms with E-state index < -0.39 is 0 Å². The highest BCUT2D eigenvalue weighted by Crippen LogP contribution is 2.20. The summed E-state index contributed by atoms with van der Waals surface area (Å²) in [7, 11) is 1.57. The molecule has 2 unspecified atom stereocenters. The van der Waals surface area contributed by atoms with E-state index in [9.17, 15) is 4.79 Å². The molecule has 0 aromatic carbocycles. The first-order chi connectivity index (χ1) is 8.61. The Hall–Kier alpha value is -1.40. The van der Waals surface area contributed by atoms with E-state index in [0.717, 1.165) is 13.0 Å². The molecule has 100 valence electrons. The van der Waals surface area contributed by atoms with Crippen LogP contribution in [-0.4, -0.2) is 42.2 Å². The van der Waals surface area contributed by atoms with Crippen LogP contribution in [-0.2, 0) is 11.3 Å². The van der Waals surface area contributed by atoms with Crippen molar-refractivity contribution in [1.82, 2.24) is 10.1 Å². The number of likely N-dealkylation sites (tertiary alicyclic amines) is 1. The van der Waals surface area contributed by atoms with Crippen molar-refractivity contribution in [2.75, 3.05) is 20.2 Å². The molecular weight excluding hydrogens is 234 g/mol. The molecule has 0 radical (unpaired) electrons. The molecule has 0 aliphatic carbocycles. The van der Waals surface area contributed by atoms with Gasteiger partial charge in [-0.1, -0.05) is 5.16 Å². The number of carbonyl (C=O) groups excluding carboxylic acids is 1. The minimum Gasteiger partial charge on any atom is -0.377 e. The molecule has 2 rings (SSSR count). The minimum absolute atomic E-state index is 0.0933. The van der Waals surface area contributed by atoms with E-state index in [0.29, 0.717) is 30.5 Å². The molecule has 6 nitrogen and oxygen atoms in total. The maximum atomic E-state index is 12.2. The normalized spacial score (nSPS) is 21.3. The first-order valence-corrected chi connectivity index (χ1v) is 6.11. The van der Waals surface area contributed by atoms with Gasteiger partial charge in [-0.2, -0.15) is 0 Å². The topological polar surface area (TPSA) is 81.6 Å². The molecule has 0 saturated carbocycles. The van der Waals surface area contributed by atoms with Crippen molar-refractivity contribution < 1.29 is 14.1 Å². The summed E-state index contributed by atoms with van der Waals surface area (Å²) >= 11 is 0. The molecule has 1 aromatic rings. The zero-order valence-corrected chi connectivity index (χ0v) is 10.8.